The van der Waals surface area contributed by atoms with E-state index in [1.165, 1.54) is 0 Å². The van der Waals surface area contributed by atoms with Crippen molar-refractivity contribution in [3.05, 3.63) is 58.0 Å². The van der Waals surface area contributed by atoms with Gasteiger partial charge < -0.3 is 4.42 Å². The zero-order chi connectivity index (χ0) is 12.4. The molecule has 0 spiro atoms. The summed E-state index contributed by atoms with van der Waals surface area (Å²) in [7, 11) is 0. The van der Waals surface area contributed by atoms with E-state index in [0.717, 1.165) is 16.7 Å². The SMILES string of the molecule is Cc1ccc(C)c(CC(=O)c2ccc(Cl)o2)c1. The summed E-state index contributed by atoms with van der Waals surface area (Å²) in [6, 6.07) is 9.27. The van der Waals surface area contributed by atoms with Crippen molar-refractivity contribution in [2.24, 2.45) is 0 Å². The number of aryl methyl sites for hydroxylation is 2. The maximum absolute atomic E-state index is 11.9. The molecule has 1 aromatic carbocycles. The van der Waals surface area contributed by atoms with E-state index in [0.29, 0.717) is 12.2 Å². The average molecular weight is 249 g/mol. The van der Waals surface area contributed by atoms with E-state index < -0.39 is 0 Å². The summed E-state index contributed by atoms with van der Waals surface area (Å²) in [5.74, 6) is 0.265. The topological polar surface area (TPSA) is 30.2 Å². The van der Waals surface area contributed by atoms with Gasteiger partial charge in [-0.15, -0.1) is 0 Å². The van der Waals surface area contributed by atoms with Crippen LogP contribution in [-0.2, 0) is 6.42 Å². The maximum atomic E-state index is 11.9. The number of hydrogen-bond donors (Lipinski definition) is 0. The molecular formula is C14H13ClO2. The Morgan fingerprint density at radius 1 is 1.24 bits per heavy atom. The number of ketones is 1. The maximum Gasteiger partial charge on any atom is 0.202 e. The molecule has 0 bridgehead atoms. The van der Waals surface area contributed by atoms with Crippen LogP contribution in [0.1, 0.15) is 27.2 Å². The fourth-order valence-electron chi connectivity index (χ4n) is 1.71. The number of hydrogen-bond acceptors (Lipinski definition) is 2. The van der Waals surface area contributed by atoms with Gasteiger partial charge in [0.1, 0.15) is 0 Å². The van der Waals surface area contributed by atoms with Gasteiger partial charge in [0, 0.05) is 6.42 Å². The number of carbonyl (C=O) groups is 1. The van der Waals surface area contributed by atoms with Crippen LogP contribution in [0.2, 0.25) is 5.22 Å². The average Bonchev–Trinajstić information content (AvgIpc) is 2.70. The summed E-state index contributed by atoms with van der Waals surface area (Å²) >= 11 is 5.65. The third kappa shape index (κ3) is 2.77. The van der Waals surface area contributed by atoms with Gasteiger partial charge in [0.15, 0.2) is 11.0 Å². The van der Waals surface area contributed by atoms with Gasteiger partial charge >= 0.3 is 0 Å². The number of Topliss-reactive ketones (excluding diaryl/α,β-unsaturated/α-hetero) is 1. The van der Waals surface area contributed by atoms with E-state index in [9.17, 15) is 4.79 Å². The first kappa shape index (κ1) is 11.9. The summed E-state index contributed by atoms with van der Waals surface area (Å²) in [5, 5.41) is 0.245. The second kappa shape index (κ2) is 4.76. The largest absolute Gasteiger partial charge is 0.442 e. The quantitative estimate of drug-likeness (QED) is 0.770. The van der Waals surface area contributed by atoms with E-state index in [4.69, 9.17) is 16.0 Å². The van der Waals surface area contributed by atoms with Crippen LogP contribution in [0.15, 0.2) is 34.7 Å². The number of benzene rings is 1. The minimum atomic E-state index is -0.0504. The van der Waals surface area contributed by atoms with Crippen molar-refractivity contribution in [3.8, 4) is 0 Å². The van der Waals surface area contributed by atoms with Gasteiger partial charge in [-0.25, -0.2) is 0 Å². The molecular weight excluding hydrogens is 236 g/mol. The fraction of sp³-hybridized carbons (Fsp3) is 0.214. The van der Waals surface area contributed by atoms with Gasteiger partial charge in [0.05, 0.1) is 0 Å². The van der Waals surface area contributed by atoms with Crippen molar-refractivity contribution in [2.45, 2.75) is 20.3 Å². The van der Waals surface area contributed by atoms with Crippen LogP contribution in [0.4, 0.5) is 0 Å². The van der Waals surface area contributed by atoms with Crippen LogP contribution in [0.3, 0.4) is 0 Å². The summed E-state index contributed by atoms with van der Waals surface area (Å²) < 4.78 is 5.10. The van der Waals surface area contributed by atoms with Gasteiger partial charge in [-0.05, 0) is 48.7 Å². The van der Waals surface area contributed by atoms with Gasteiger partial charge in [0.2, 0.25) is 5.78 Å². The summed E-state index contributed by atoms with van der Waals surface area (Å²) in [6.45, 7) is 4.01. The monoisotopic (exact) mass is 248 g/mol. The highest BCUT2D eigenvalue weighted by Crippen LogP contribution is 2.17. The number of carbonyl (C=O) groups excluding carboxylic acids is 1. The molecule has 17 heavy (non-hydrogen) atoms. The molecule has 0 N–H and O–H groups in total. The van der Waals surface area contributed by atoms with E-state index in [-0.39, 0.29) is 11.0 Å². The lowest BCUT2D eigenvalue weighted by molar-refractivity contribution is 0.0966. The number of rotatable bonds is 3. The molecule has 1 aromatic heterocycles. The molecule has 0 fully saturated rings. The highest BCUT2D eigenvalue weighted by atomic mass is 35.5. The van der Waals surface area contributed by atoms with Crippen LogP contribution in [0.5, 0.6) is 0 Å². The third-order valence-corrected chi connectivity index (χ3v) is 2.91. The molecule has 0 unspecified atom stereocenters. The molecule has 1 heterocycles. The van der Waals surface area contributed by atoms with Gasteiger partial charge in [0.25, 0.3) is 0 Å². The Morgan fingerprint density at radius 3 is 2.65 bits per heavy atom. The van der Waals surface area contributed by atoms with Crippen molar-refractivity contribution in [1.82, 2.24) is 0 Å². The Hall–Kier alpha value is -1.54. The fourth-order valence-corrected chi connectivity index (χ4v) is 1.86. The molecule has 2 rings (SSSR count). The van der Waals surface area contributed by atoms with Gasteiger partial charge in [-0.3, -0.25) is 4.79 Å². The minimum Gasteiger partial charge on any atom is -0.442 e. The second-order valence-corrected chi connectivity index (χ2v) is 4.51. The molecule has 0 saturated heterocycles. The molecule has 0 amide bonds. The van der Waals surface area contributed by atoms with E-state index in [2.05, 4.69) is 0 Å². The first-order chi connectivity index (χ1) is 8.06. The van der Waals surface area contributed by atoms with E-state index >= 15 is 0 Å². The van der Waals surface area contributed by atoms with E-state index in [1.54, 1.807) is 12.1 Å². The summed E-state index contributed by atoms with van der Waals surface area (Å²) in [4.78, 5) is 11.9. The van der Waals surface area contributed by atoms with Gasteiger partial charge in [-0.1, -0.05) is 23.8 Å². The zero-order valence-corrected chi connectivity index (χ0v) is 10.5. The predicted molar refractivity (Wildman–Crippen MR) is 67.7 cm³/mol. The Morgan fingerprint density at radius 2 is 2.00 bits per heavy atom. The van der Waals surface area contributed by atoms with Crippen LogP contribution in [0, 0.1) is 13.8 Å². The first-order valence-corrected chi connectivity index (χ1v) is 5.79. The molecule has 88 valence electrons. The van der Waals surface area contributed by atoms with Crippen molar-refractivity contribution < 1.29 is 9.21 Å². The highest BCUT2D eigenvalue weighted by Gasteiger charge is 2.12. The normalized spacial score (nSPS) is 10.5. The van der Waals surface area contributed by atoms with Gasteiger partial charge in [-0.2, -0.15) is 0 Å². The Kier molecular flexibility index (Phi) is 3.34. The van der Waals surface area contributed by atoms with Crippen molar-refractivity contribution >= 4 is 17.4 Å². The second-order valence-electron chi connectivity index (χ2n) is 4.13. The van der Waals surface area contributed by atoms with Crippen LogP contribution >= 0.6 is 11.6 Å². The number of halogens is 1. The lowest BCUT2D eigenvalue weighted by Gasteiger charge is -2.05. The van der Waals surface area contributed by atoms with E-state index in [1.807, 2.05) is 32.0 Å². The lowest BCUT2D eigenvalue weighted by atomic mass is 10.0. The Labute approximate surface area is 105 Å². The minimum absolute atomic E-state index is 0.0504. The first-order valence-electron chi connectivity index (χ1n) is 5.41. The molecule has 0 aliphatic heterocycles. The van der Waals surface area contributed by atoms with Crippen molar-refractivity contribution in [1.29, 1.82) is 0 Å². The van der Waals surface area contributed by atoms with Crippen LogP contribution < -0.4 is 0 Å². The van der Waals surface area contributed by atoms with Crippen LogP contribution in [-0.4, -0.2) is 5.78 Å². The lowest BCUT2D eigenvalue weighted by Crippen LogP contribution is -2.03. The predicted octanol–water partition coefficient (Wildman–Crippen LogP) is 3.98. The molecule has 0 aliphatic rings. The Balaban J connectivity index is 2.21. The molecule has 0 radical (unpaired) electrons. The van der Waals surface area contributed by atoms with Crippen molar-refractivity contribution in [3.63, 3.8) is 0 Å². The number of furan rings is 1. The molecule has 2 nitrogen and oxygen atoms in total. The molecule has 0 aliphatic carbocycles. The molecule has 2 aromatic rings. The molecule has 3 heteroatoms. The summed E-state index contributed by atoms with van der Waals surface area (Å²) in [6.07, 6.45) is 0.345. The zero-order valence-electron chi connectivity index (χ0n) is 9.79. The summed E-state index contributed by atoms with van der Waals surface area (Å²) in [5.41, 5.74) is 3.29. The molecule has 0 atom stereocenters. The third-order valence-electron chi connectivity index (χ3n) is 2.70. The van der Waals surface area contributed by atoms with Crippen molar-refractivity contribution in [2.75, 3.05) is 0 Å². The highest BCUT2D eigenvalue weighted by molar-refractivity contribution is 6.29. The standard InChI is InChI=1S/C14H13ClO2/c1-9-3-4-10(2)11(7-9)8-12(16)13-5-6-14(15)17-13/h3-7H,8H2,1-2H3. The Bertz CT molecular complexity index is 555. The smallest absolute Gasteiger partial charge is 0.202 e. The van der Waals surface area contributed by atoms with Crippen LogP contribution in [0.25, 0.3) is 0 Å². The molecule has 0 saturated carbocycles.